The number of nitrogens with one attached hydrogen (secondary N) is 1. The molecule has 0 aromatic carbocycles. The van der Waals surface area contributed by atoms with E-state index in [1.165, 1.54) is 18.3 Å². The molecule has 20 heavy (non-hydrogen) atoms. The van der Waals surface area contributed by atoms with Crippen molar-refractivity contribution >= 4 is 17.7 Å². The van der Waals surface area contributed by atoms with Crippen LogP contribution in [0.3, 0.4) is 0 Å². The maximum Gasteiger partial charge on any atom is 0.287 e. The molecule has 0 unspecified atom stereocenters. The van der Waals surface area contributed by atoms with Crippen molar-refractivity contribution in [1.82, 2.24) is 9.97 Å². The van der Waals surface area contributed by atoms with Crippen LogP contribution in [-0.2, 0) is 0 Å². The largest absolute Gasteiger partial charge is 0.497 e. The summed E-state index contributed by atoms with van der Waals surface area (Å²) in [5.41, 5.74) is 3.19. The molecule has 0 aliphatic carbocycles. The third-order valence-corrected chi connectivity index (χ3v) is 2.32. The first-order valence-electron chi connectivity index (χ1n) is 5.58. The van der Waals surface area contributed by atoms with Crippen LogP contribution in [0.25, 0.3) is 0 Å². The molecule has 102 valence electrons. The van der Waals surface area contributed by atoms with Gasteiger partial charge in [0.25, 0.3) is 5.69 Å². The maximum absolute atomic E-state index is 10.5. The van der Waals surface area contributed by atoms with Gasteiger partial charge < -0.3 is 4.74 Å². The van der Waals surface area contributed by atoms with Gasteiger partial charge in [-0.25, -0.2) is 4.98 Å². The van der Waals surface area contributed by atoms with Crippen LogP contribution in [0.2, 0.25) is 0 Å². The van der Waals surface area contributed by atoms with Gasteiger partial charge in [-0.2, -0.15) is 5.10 Å². The van der Waals surface area contributed by atoms with E-state index in [0.29, 0.717) is 17.3 Å². The molecule has 0 aliphatic heterocycles. The molecule has 2 aromatic heterocycles. The minimum Gasteiger partial charge on any atom is -0.497 e. The van der Waals surface area contributed by atoms with Gasteiger partial charge in [-0.3, -0.25) is 20.5 Å². The highest BCUT2D eigenvalue weighted by Gasteiger charge is 2.04. The number of hydrazone groups is 1. The van der Waals surface area contributed by atoms with Crippen molar-refractivity contribution in [3.8, 4) is 5.75 Å². The molecule has 1 N–H and O–H groups in total. The predicted octanol–water partition coefficient (Wildman–Crippen LogP) is 1.84. The van der Waals surface area contributed by atoms with E-state index in [2.05, 4.69) is 20.5 Å². The highest BCUT2D eigenvalue weighted by Crippen LogP contribution is 2.12. The normalized spacial score (nSPS) is 10.4. The number of ether oxygens (including phenoxy) is 1. The van der Waals surface area contributed by atoms with Gasteiger partial charge in [0.05, 0.1) is 23.9 Å². The first-order valence-corrected chi connectivity index (χ1v) is 5.58. The van der Waals surface area contributed by atoms with Gasteiger partial charge in [-0.05, 0) is 12.1 Å². The number of anilines is 1. The van der Waals surface area contributed by atoms with E-state index < -0.39 is 4.92 Å². The Labute approximate surface area is 114 Å². The molecule has 2 rings (SSSR count). The van der Waals surface area contributed by atoms with Crippen LogP contribution < -0.4 is 10.2 Å². The van der Waals surface area contributed by atoms with E-state index in [-0.39, 0.29) is 5.69 Å². The standard InChI is InChI=1S/C12H11N5O3/c1-20-11-4-5-13-9(6-11)7-15-16-12-3-2-10(8-14-12)17(18)19/h2-8H,1H3,(H,14,16)/b15-7+. The van der Waals surface area contributed by atoms with E-state index >= 15 is 0 Å². The average molecular weight is 273 g/mol. The fourth-order valence-corrected chi connectivity index (χ4v) is 1.35. The monoisotopic (exact) mass is 273 g/mol. The van der Waals surface area contributed by atoms with E-state index in [1.807, 2.05) is 0 Å². The van der Waals surface area contributed by atoms with Crippen LogP contribution in [0.1, 0.15) is 5.69 Å². The number of pyridine rings is 2. The molecular weight excluding hydrogens is 262 g/mol. The Morgan fingerprint density at radius 1 is 1.40 bits per heavy atom. The van der Waals surface area contributed by atoms with Gasteiger partial charge in [-0.15, -0.1) is 0 Å². The van der Waals surface area contributed by atoms with Gasteiger partial charge in [0, 0.05) is 18.3 Å². The van der Waals surface area contributed by atoms with E-state index in [9.17, 15) is 10.1 Å². The second-order valence-electron chi connectivity index (χ2n) is 3.65. The smallest absolute Gasteiger partial charge is 0.287 e. The lowest BCUT2D eigenvalue weighted by atomic mass is 10.3. The van der Waals surface area contributed by atoms with Crippen molar-refractivity contribution in [2.75, 3.05) is 12.5 Å². The SMILES string of the molecule is COc1ccnc(/C=N/Nc2ccc([N+](=O)[O-])cn2)c1. The zero-order valence-electron chi connectivity index (χ0n) is 10.6. The second kappa shape index (κ2) is 6.23. The lowest BCUT2D eigenvalue weighted by Gasteiger charge is -2.00. The van der Waals surface area contributed by atoms with E-state index in [1.54, 1.807) is 25.4 Å². The van der Waals surface area contributed by atoms with Crippen LogP contribution in [0.5, 0.6) is 5.75 Å². The van der Waals surface area contributed by atoms with Gasteiger partial charge in [0.1, 0.15) is 17.8 Å². The summed E-state index contributed by atoms with van der Waals surface area (Å²) in [6.07, 6.45) is 4.25. The highest BCUT2D eigenvalue weighted by molar-refractivity contribution is 5.78. The molecule has 2 heterocycles. The molecule has 2 aromatic rings. The van der Waals surface area contributed by atoms with Crippen LogP contribution in [0, 0.1) is 10.1 Å². The quantitative estimate of drug-likeness (QED) is 0.506. The zero-order chi connectivity index (χ0) is 14.4. The van der Waals surface area contributed by atoms with E-state index in [4.69, 9.17) is 4.74 Å². The number of hydrogen-bond donors (Lipinski definition) is 1. The predicted molar refractivity (Wildman–Crippen MR) is 72.9 cm³/mol. The fourth-order valence-electron chi connectivity index (χ4n) is 1.35. The summed E-state index contributed by atoms with van der Waals surface area (Å²) in [5, 5.41) is 14.4. The van der Waals surface area contributed by atoms with Crippen molar-refractivity contribution in [2.24, 2.45) is 5.10 Å². The van der Waals surface area contributed by atoms with Gasteiger partial charge >= 0.3 is 0 Å². The summed E-state index contributed by atoms with van der Waals surface area (Å²) >= 11 is 0. The number of rotatable bonds is 5. The van der Waals surface area contributed by atoms with Crippen molar-refractivity contribution in [3.05, 3.63) is 52.5 Å². The summed E-state index contributed by atoms with van der Waals surface area (Å²) < 4.78 is 5.06. The lowest BCUT2D eigenvalue weighted by molar-refractivity contribution is -0.385. The Kier molecular flexibility index (Phi) is 4.17. The summed E-state index contributed by atoms with van der Waals surface area (Å²) in [5.74, 6) is 1.07. The molecule has 0 radical (unpaired) electrons. The Morgan fingerprint density at radius 2 is 2.25 bits per heavy atom. The molecule has 0 amide bonds. The van der Waals surface area contributed by atoms with Crippen LogP contribution >= 0.6 is 0 Å². The molecule has 0 spiro atoms. The number of hydrogen-bond acceptors (Lipinski definition) is 7. The van der Waals surface area contributed by atoms with Crippen molar-refractivity contribution in [3.63, 3.8) is 0 Å². The maximum atomic E-state index is 10.5. The van der Waals surface area contributed by atoms with Crippen molar-refractivity contribution in [1.29, 1.82) is 0 Å². The molecule has 0 saturated carbocycles. The summed E-state index contributed by atoms with van der Waals surface area (Å²) in [6, 6.07) is 6.25. The first kappa shape index (κ1) is 13.4. The third-order valence-electron chi connectivity index (χ3n) is 2.32. The van der Waals surface area contributed by atoms with Crippen molar-refractivity contribution in [2.45, 2.75) is 0 Å². The Balaban J connectivity index is 2.00. The Bertz CT molecular complexity index is 627. The number of aromatic nitrogens is 2. The third kappa shape index (κ3) is 3.48. The molecule has 0 saturated heterocycles. The molecule has 8 heteroatoms. The average Bonchev–Trinajstić information content (AvgIpc) is 2.48. The Hall–Kier alpha value is -3.03. The van der Waals surface area contributed by atoms with Crippen LogP contribution in [0.15, 0.2) is 41.8 Å². The molecule has 0 aliphatic rings. The number of methoxy groups -OCH3 is 1. The topological polar surface area (TPSA) is 103 Å². The van der Waals surface area contributed by atoms with Gasteiger partial charge in [0.2, 0.25) is 0 Å². The number of nitro groups is 1. The molecule has 0 atom stereocenters. The molecule has 0 fully saturated rings. The first-order chi connectivity index (χ1) is 9.69. The lowest BCUT2D eigenvalue weighted by Crippen LogP contribution is -1.96. The Morgan fingerprint density at radius 3 is 2.90 bits per heavy atom. The van der Waals surface area contributed by atoms with Crippen LogP contribution in [-0.4, -0.2) is 28.2 Å². The summed E-state index contributed by atoms with van der Waals surface area (Å²) in [4.78, 5) is 17.9. The fraction of sp³-hybridized carbons (Fsp3) is 0.0833. The van der Waals surface area contributed by atoms with E-state index in [0.717, 1.165) is 6.20 Å². The van der Waals surface area contributed by atoms with Gasteiger partial charge in [0.15, 0.2) is 0 Å². The molecular formula is C12H11N5O3. The highest BCUT2D eigenvalue weighted by atomic mass is 16.6. The molecule has 8 nitrogen and oxygen atoms in total. The minimum atomic E-state index is -0.514. The van der Waals surface area contributed by atoms with Crippen molar-refractivity contribution < 1.29 is 9.66 Å². The van der Waals surface area contributed by atoms with Gasteiger partial charge in [-0.1, -0.05) is 0 Å². The minimum absolute atomic E-state index is 0.0750. The number of nitrogens with zero attached hydrogens (tertiary/aromatic N) is 4. The summed E-state index contributed by atoms with van der Waals surface area (Å²) in [6.45, 7) is 0. The van der Waals surface area contributed by atoms with Crippen LogP contribution in [0.4, 0.5) is 11.5 Å². The summed E-state index contributed by atoms with van der Waals surface area (Å²) in [7, 11) is 1.56. The zero-order valence-corrected chi connectivity index (χ0v) is 10.6. The second-order valence-corrected chi connectivity index (χ2v) is 3.65. The molecule has 0 bridgehead atoms.